The molecule has 0 aliphatic carbocycles. The Hall–Kier alpha value is -1.93. The fourth-order valence-electron chi connectivity index (χ4n) is 3.63. The molecule has 1 aromatic carbocycles. The number of nitrogens with zero attached hydrogens (tertiary/aromatic N) is 2. The highest BCUT2D eigenvalue weighted by atomic mass is 32.2. The molecule has 0 saturated carbocycles. The van der Waals surface area contributed by atoms with E-state index in [2.05, 4.69) is 5.32 Å². The van der Waals surface area contributed by atoms with Crippen molar-refractivity contribution in [3.8, 4) is 0 Å². The first-order valence-corrected chi connectivity index (χ1v) is 10.7. The lowest BCUT2D eigenvalue weighted by molar-refractivity contribution is -0.118. The van der Waals surface area contributed by atoms with Crippen molar-refractivity contribution in [3.63, 3.8) is 0 Å². The molecule has 0 radical (unpaired) electrons. The minimum absolute atomic E-state index is 0.0551. The van der Waals surface area contributed by atoms with Crippen LogP contribution in [0.5, 0.6) is 0 Å². The number of sulfonamides is 1. The smallest absolute Gasteiger partial charge is 0.315 e. The molecule has 2 fully saturated rings. The van der Waals surface area contributed by atoms with Crippen molar-refractivity contribution in [2.24, 2.45) is 0 Å². The molecule has 26 heavy (non-hydrogen) atoms. The van der Waals surface area contributed by atoms with Crippen LogP contribution in [0.4, 0.5) is 4.79 Å². The highest BCUT2D eigenvalue weighted by Gasteiger charge is 2.34. The molecule has 3 amide bonds. The van der Waals surface area contributed by atoms with E-state index in [9.17, 15) is 18.0 Å². The van der Waals surface area contributed by atoms with Gasteiger partial charge in [0.2, 0.25) is 15.9 Å². The molecule has 0 spiro atoms. The Bertz CT molecular complexity index is 751. The van der Waals surface area contributed by atoms with Crippen LogP contribution < -0.4 is 5.32 Å². The molecule has 142 valence electrons. The zero-order valence-corrected chi connectivity index (χ0v) is 15.6. The molecule has 7 nitrogen and oxygen atoms in total. The average Bonchev–Trinajstić information content (AvgIpc) is 3.22. The minimum atomic E-state index is -3.29. The summed E-state index contributed by atoms with van der Waals surface area (Å²) >= 11 is 0. The Morgan fingerprint density at radius 2 is 1.85 bits per heavy atom. The molecule has 2 aliphatic rings. The van der Waals surface area contributed by atoms with E-state index in [-0.39, 0.29) is 30.3 Å². The van der Waals surface area contributed by atoms with Gasteiger partial charge in [-0.05, 0) is 31.2 Å². The van der Waals surface area contributed by atoms with E-state index in [1.54, 1.807) is 4.31 Å². The average molecular weight is 379 g/mol. The SMILES string of the molecule is O=C1CN(CCCCCS(=O)(=O)N2CCC[C@@H]2c2ccccc2)C(=O)N1. The molecule has 0 unspecified atom stereocenters. The molecule has 1 aromatic rings. The van der Waals surface area contributed by atoms with Gasteiger partial charge in [-0.3, -0.25) is 10.1 Å². The second-order valence-corrected chi connectivity index (χ2v) is 8.87. The van der Waals surface area contributed by atoms with Gasteiger partial charge in [0.05, 0.1) is 5.75 Å². The normalized spacial score (nSPS) is 21.4. The van der Waals surface area contributed by atoms with Crippen LogP contribution in [0.15, 0.2) is 30.3 Å². The predicted octanol–water partition coefficient (Wildman–Crippen LogP) is 1.88. The highest BCUT2D eigenvalue weighted by molar-refractivity contribution is 7.89. The number of amides is 3. The predicted molar refractivity (Wildman–Crippen MR) is 97.9 cm³/mol. The van der Waals surface area contributed by atoms with Gasteiger partial charge >= 0.3 is 6.03 Å². The van der Waals surface area contributed by atoms with E-state index in [1.807, 2.05) is 30.3 Å². The lowest BCUT2D eigenvalue weighted by Gasteiger charge is -2.24. The molecule has 8 heteroatoms. The van der Waals surface area contributed by atoms with Gasteiger partial charge in [0.25, 0.3) is 0 Å². The monoisotopic (exact) mass is 379 g/mol. The summed E-state index contributed by atoms with van der Waals surface area (Å²) in [6, 6.07) is 9.38. The topological polar surface area (TPSA) is 86.8 Å². The van der Waals surface area contributed by atoms with Gasteiger partial charge in [0.1, 0.15) is 6.54 Å². The third-order valence-corrected chi connectivity index (χ3v) is 6.90. The summed E-state index contributed by atoms with van der Waals surface area (Å²) in [6.45, 7) is 1.16. The fraction of sp³-hybridized carbons (Fsp3) is 0.556. The summed E-state index contributed by atoms with van der Waals surface area (Å²) in [5.74, 6) is -0.153. The van der Waals surface area contributed by atoms with Crippen LogP contribution in [0.1, 0.15) is 43.7 Å². The van der Waals surface area contributed by atoms with E-state index in [1.165, 1.54) is 4.90 Å². The van der Waals surface area contributed by atoms with Crippen molar-refractivity contribution in [1.29, 1.82) is 0 Å². The molecule has 0 aromatic heterocycles. The molecular formula is C18H25N3O4S. The number of carbonyl (C=O) groups excluding carboxylic acids is 2. The maximum Gasteiger partial charge on any atom is 0.324 e. The second kappa shape index (κ2) is 8.18. The third kappa shape index (κ3) is 4.42. The largest absolute Gasteiger partial charge is 0.324 e. The van der Waals surface area contributed by atoms with Crippen LogP contribution in [0, 0.1) is 0 Å². The number of benzene rings is 1. The van der Waals surface area contributed by atoms with Crippen molar-refractivity contribution >= 4 is 22.0 Å². The molecular weight excluding hydrogens is 354 g/mol. The molecule has 1 N–H and O–H groups in total. The van der Waals surface area contributed by atoms with Crippen LogP contribution in [0.25, 0.3) is 0 Å². The summed E-state index contributed by atoms with van der Waals surface area (Å²) in [4.78, 5) is 24.0. The van der Waals surface area contributed by atoms with Gasteiger partial charge in [0, 0.05) is 19.1 Å². The van der Waals surface area contributed by atoms with Crippen LogP contribution in [0.3, 0.4) is 0 Å². The first-order valence-electron chi connectivity index (χ1n) is 9.10. The molecule has 2 heterocycles. The maximum atomic E-state index is 12.7. The van der Waals surface area contributed by atoms with Crippen LogP contribution in [-0.2, 0) is 14.8 Å². The molecule has 0 bridgehead atoms. The van der Waals surface area contributed by atoms with Crippen molar-refractivity contribution in [2.45, 2.75) is 38.1 Å². The zero-order chi connectivity index (χ0) is 18.6. The van der Waals surface area contributed by atoms with Crippen LogP contribution in [-0.4, -0.2) is 54.9 Å². The Labute approximate surface area is 154 Å². The summed E-state index contributed by atoms with van der Waals surface area (Å²) in [5, 5.41) is 2.24. The third-order valence-electron chi connectivity index (χ3n) is 4.94. The number of hydrogen-bond donors (Lipinski definition) is 1. The first-order chi connectivity index (χ1) is 12.5. The number of imide groups is 1. The molecule has 1 atom stereocenters. The minimum Gasteiger partial charge on any atom is -0.315 e. The Morgan fingerprint density at radius 1 is 1.08 bits per heavy atom. The van der Waals surface area contributed by atoms with E-state index in [0.29, 0.717) is 32.4 Å². The lowest BCUT2D eigenvalue weighted by atomic mass is 10.1. The Kier molecular flexibility index (Phi) is 5.93. The van der Waals surface area contributed by atoms with Gasteiger partial charge in [-0.25, -0.2) is 13.2 Å². The summed E-state index contributed by atoms with van der Waals surface area (Å²) in [6.07, 6.45) is 3.71. The van der Waals surface area contributed by atoms with E-state index >= 15 is 0 Å². The molecule has 2 aliphatic heterocycles. The van der Waals surface area contributed by atoms with E-state index in [0.717, 1.165) is 18.4 Å². The molecule has 3 rings (SSSR count). The zero-order valence-electron chi connectivity index (χ0n) is 14.8. The summed E-state index contributed by atoms with van der Waals surface area (Å²) in [5.41, 5.74) is 1.05. The molecule has 2 saturated heterocycles. The quantitative estimate of drug-likeness (QED) is 0.552. The van der Waals surface area contributed by atoms with Crippen molar-refractivity contribution in [1.82, 2.24) is 14.5 Å². The highest BCUT2D eigenvalue weighted by Crippen LogP contribution is 2.34. The summed E-state index contributed by atoms with van der Waals surface area (Å²) in [7, 11) is -3.29. The standard InChI is InChI=1S/C18H25N3O4S/c22-17-14-20(18(23)19-17)11-5-2-6-13-26(24,25)21-12-7-10-16(21)15-8-3-1-4-9-15/h1,3-4,8-9,16H,2,5-7,10-14H2,(H,19,22,23)/t16-/m1/s1. The number of rotatable bonds is 8. The second-order valence-electron chi connectivity index (χ2n) is 6.83. The number of nitrogens with one attached hydrogen (secondary N) is 1. The van der Waals surface area contributed by atoms with Gasteiger partial charge < -0.3 is 4.90 Å². The number of hydrogen-bond acceptors (Lipinski definition) is 4. The Balaban J connectivity index is 1.46. The fourth-order valence-corrected chi connectivity index (χ4v) is 5.45. The van der Waals surface area contributed by atoms with Gasteiger partial charge in [-0.15, -0.1) is 0 Å². The van der Waals surface area contributed by atoms with Crippen LogP contribution >= 0.6 is 0 Å². The van der Waals surface area contributed by atoms with Crippen molar-refractivity contribution in [3.05, 3.63) is 35.9 Å². The number of carbonyl (C=O) groups is 2. The van der Waals surface area contributed by atoms with Crippen molar-refractivity contribution < 1.29 is 18.0 Å². The van der Waals surface area contributed by atoms with Gasteiger partial charge in [0.15, 0.2) is 0 Å². The Morgan fingerprint density at radius 3 is 2.54 bits per heavy atom. The van der Waals surface area contributed by atoms with Crippen molar-refractivity contribution in [2.75, 3.05) is 25.4 Å². The lowest BCUT2D eigenvalue weighted by Crippen LogP contribution is -2.32. The van der Waals surface area contributed by atoms with E-state index in [4.69, 9.17) is 0 Å². The maximum absolute atomic E-state index is 12.7. The van der Waals surface area contributed by atoms with Gasteiger partial charge in [-0.1, -0.05) is 36.8 Å². The van der Waals surface area contributed by atoms with Crippen LogP contribution in [0.2, 0.25) is 0 Å². The summed E-state index contributed by atoms with van der Waals surface area (Å²) < 4.78 is 27.1. The number of unbranched alkanes of at least 4 members (excludes halogenated alkanes) is 2. The van der Waals surface area contributed by atoms with Gasteiger partial charge in [-0.2, -0.15) is 4.31 Å². The van der Waals surface area contributed by atoms with E-state index < -0.39 is 10.0 Å². The first kappa shape index (κ1) is 18.8. The number of urea groups is 1.